The van der Waals surface area contributed by atoms with Gasteiger partial charge in [-0.15, -0.1) is 0 Å². The molecular formula is C21H20BrClN2O4S. The molecule has 1 fully saturated rings. The van der Waals surface area contributed by atoms with Crippen LogP contribution in [0.5, 0.6) is 0 Å². The molecule has 0 unspecified atom stereocenters. The molecule has 1 aliphatic carbocycles. The lowest BCUT2D eigenvalue weighted by molar-refractivity contribution is -0.119. The minimum absolute atomic E-state index is 0.0647. The van der Waals surface area contributed by atoms with Crippen molar-refractivity contribution >= 4 is 60.6 Å². The lowest BCUT2D eigenvalue weighted by Gasteiger charge is -2.18. The largest absolute Gasteiger partial charge is 0.326 e. The Morgan fingerprint density at radius 3 is 2.67 bits per heavy atom. The number of hydrogen-bond donors (Lipinski definition) is 1. The molecule has 0 aromatic heterocycles. The molecule has 4 rings (SSSR count). The van der Waals surface area contributed by atoms with E-state index >= 15 is 0 Å². The highest BCUT2D eigenvalue weighted by Crippen LogP contribution is 2.39. The summed E-state index contributed by atoms with van der Waals surface area (Å²) in [4.78, 5) is 26.5. The third-order valence-corrected chi connectivity index (χ3v) is 8.17. The Hall–Kier alpha value is -1.90. The van der Waals surface area contributed by atoms with Crippen LogP contribution in [-0.2, 0) is 25.8 Å². The van der Waals surface area contributed by atoms with E-state index in [9.17, 15) is 18.0 Å². The van der Waals surface area contributed by atoms with Crippen LogP contribution in [0.25, 0.3) is 0 Å². The Labute approximate surface area is 188 Å². The van der Waals surface area contributed by atoms with Crippen LogP contribution in [-0.4, -0.2) is 32.5 Å². The topological polar surface area (TPSA) is 83.6 Å². The first-order valence-electron chi connectivity index (χ1n) is 9.66. The van der Waals surface area contributed by atoms with Crippen LogP contribution in [0.4, 0.5) is 11.4 Å². The molecule has 1 heterocycles. The number of rotatable bonds is 6. The summed E-state index contributed by atoms with van der Waals surface area (Å²) in [6.07, 6.45) is 2.31. The van der Waals surface area contributed by atoms with Gasteiger partial charge in [-0.2, -0.15) is 0 Å². The van der Waals surface area contributed by atoms with Gasteiger partial charge in [0, 0.05) is 39.8 Å². The van der Waals surface area contributed by atoms with Crippen molar-refractivity contribution in [2.45, 2.75) is 30.6 Å². The van der Waals surface area contributed by atoms with E-state index in [4.69, 9.17) is 11.6 Å². The molecule has 2 amide bonds. The van der Waals surface area contributed by atoms with Gasteiger partial charge >= 0.3 is 0 Å². The molecule has 1 aliphatic heterocycles. The van der Waals surface area contributed by atoms with Crippen molar-refractivity contribution in [3.8, 4) is 0 Å². The molecular weight excluding hydrogens is 492 g/mol. The maximum Gasteiger partial charge on any atom is 0.230 e. The molecule has 30 heavy (non-hydrogen) atoms. The first-order chi connectivity index (χ1) is 14.2. The van der Waals surface area contributed by atoms with Crippen LogP contribution in [0, 0.1) is 5.92 Å². The maximum atomic E-state index is 13.0. The summed E-state index contributed by atoms with van der Waals surface area (Å²) >= 11 is 9.25. The number of sulfone groups is 1. The lowest BCUT2D eigenvalue weighted by Crippen LogP contribution is -2.30. The van der Waals surface area contributed by atoms with Crippen LogP contribution in [0.3, 0.4) is 0 Å². The first kappa shape index (κ1) is 21.3. The van der Waals surface area contributed by atoms with E-state index in [0.717, 1.165) is 18.4 Å². The van der Waals surface area contributed by atoms with E-state index in [-0.39, 0.29) is 28.9 Å². The van der Waals surface area contributed by atoms with Gasteiger partial charge < -0.3 is 10.2 Å². The molecule has 6 nitrogen and oxygen atoms in total. The minimum Gasteiger partial charge on any atom is -0.326 e. The second kappa shape index (κ2) is 8.32. The monoisotopic (exact) mass is 510 g/mol. The van der Waals surface area contributed by atoms with E-state index in [1.54, 1.807) is 41.3 Å². The third kappa shape index (κ3) is 4.55. The number of nitrogens with zero attached hydrogens (tertiary/aromatic N) is 1. The Balaban J connectivity index is 1.49. The predicted molar refractivity (Wildman–Crippen MR) is 120 cm³/mol. The predicted octanol–water partition coefficient (Wildman–Crippen LogP) is 4.20. The Morgan fingerprint density at radius 2 is 1.97 bits per heavy atom. The number of nitrogens with one attached hydrogen (secondary N) is 1. The molecule has 1 saturated carbocycles. The van der Waals surface area contributed by atoms with Gasteiger partial charge in [-0.1, -0.05) is 17.7 Å². The van der Waals surface area contributed by atoms with Gasteiger partial charge in [-0.05, 0) is 71.1 Å². The van der Waals surface area contributed by atoms with Gasteiger partial charge in [0.1, 0.15) is 0 Å². The number of carbonyl (C=O) groups excluding carboxylic acids is 2. The van der Waals surface area contributed by atoms with Crippen molar-refractivity contribution in [1.82, 2.24) is 0 Å². The molecule has 0 radical (unpaired) electrons. The van der Waals surface area contributed by atoms with Gasteiger partial charge in [0.05, 0.1) is 10.6 Å². The van der Waals surface area contributed by atoms with Crippen LogP contribution in [0.1, 0.15) is 24.8 Å². The molecule has 9 heteroatoms. The molecule has 0 bridgehead atoms. The average molecular weight is 512 g/mol. The number of hydrogen-bond acceptors (Lipinski definition) is 4. The van der Waals surface area contributed by atoms with Gasteiger partial charge in [-0.3, -0.25) is 9.59 Å². The summed E-state index contributed by atoms with van der Waals surface area (Å²) in [6.45, 7) is 0.572. The van der Waals surface area contributed by atoms with Crippen molar-refractivity contribution in [2.24, 2.45) is 5.92 Å². The van der Waals surface area contributed by atoms with Crippen molar-refractivity contribution in [3.63, 3.8) is 0 Å². The normalized spacial score (nSPS) is 15.7. The summed E-state index contributed by atoms with van der Waals surface area (Å²) in [7, 11) is -3.73. The SMILES string of the molecule is O=C(CCS(=O)(=O)c1cc2c(cc1Br)CCN2C(=O)C1CC1)Nc1cccc(Cl)c1. The van der Waals surface area contributed by atoms with Gasteiger partial charge in [-0.25, -0.2) is 8.42 Å². The summed E-state index contributed by atoms with van der Waals surface area (Å²) in [5.41, 5.74) is 2.13. The maximum absolute atomic E-state index is 13.0. The van der Waals surface area contributed by atoms with E-state index in [1.807, 2.05) is 0 Å². The Kier molecular flexibility index (Phi) is 5.92. The number of amides is 2. The van der Waals surface area contributed by atoms with Crippen molar-refractivity contribution in [1.29, 1.82) is 0 Å². The number of carbonyl (C=O) groups is 2. The van der Waals surface area contributed by atoms with Crippen LogP contribution in [0.2, 0.25) is 5.02 Å². The van der Waals surface area contributed by atoms with E-state index in [2.05, 4.69) is 21.2 Å². The van der Waals surface area contributed by atoms with Crippen molar-refractivity contribution < 1.29 is 18.0 Å². The molecule has 0 saturated heterocycles. The van der Waals surface area contributed by atoms with Crippen LogP contribution >= 0.6 is 27.5 Å². The number of anilines is 2. The zero-order valence-corrected chi connectivity index (χ0v) is 19.2. The van der Waals surface area contributed by atoms with Gasteiger partial charge in [0.15, 0.2) is 9.84 Å². The zero-order chi connectivity index (χ0) is 21.5. The summed E-state index contributed by atoms with van der Waals surface area (Å²) < 4.78 is 26.4. The van der Waals surface area contributed by atoms with Crippen molar-refractivity contribution in [3.05, 3.63) is 51.5 Å². The Bertz CT molecular complexity index is 1130. The third-order valence-electron chi connectivity index (χ3n) is 5.26. The fourth-order valence-corrected chi connectivity index (χ4v) is 6.17. The summed E-state index contributed by atoms with van der Waals surface area (Å²) in [6, 6.07) is 10.00. The quantitative estimate of drug-likeness (QED) is 0.630. The Morgan fingerprint density at radius 1 is 1.20 bits per heavy atom. The minimum atomic E-state index is -3.73. The molecule has 2 aromatic rings. The second-order valence-electron chi connectivity index (χ2n) is 7.55. The molecule has 158 valence electrons. The standard InChI is InChI=1S/C21H20BrClN2O4S/c22-17-10-14-6-8-25(21(27)13-4-5-13)18(14)12-19(17)30(28,29)9-7-20(26)24-16-3-1-2-15(23)11-16/h1-3,10-13H,4-9H2,(H,24,26). The molecule has 1 N–H and O–H groups in total. The van der Waals surface area contributed by atoms with E-state index in [1.165, 1.54) is 0 Å². The molecule has 2 aromatic carbocycles. The lowest BCUT2D eigenvalue weighted by atomic mass is 10.2. The average Bonchev–Trinajstić information content (AvgIpc) is 3.46. The highest BCUT2D eigenvalue weighted by Gasteiger charge is 2.37. The first-order valence-corrected chi connectivity index (χ1v) is 12.5. The van der Waals surface area contributed by atoms with Gasteiger partial charge in [0.2, 0.25) is 11.8 Å². The zero-order valence-electron chi connectivity index (χ0n) is 16.0. The van der Waals surface area contributed by atoms with Crippen LogP contribution in [0.15, 0.2) is 45.8 Å². The number of fused-ring (bicyclic) bond motifs is 1. The molecule has 0 atom stereocenters. The number of benzene rings is 2. The highest BCUT2D eigenvalue weighted by molar-refractivity contribution is 9.10. The summed E-state index contributed by atoms with van der Waals surface area (Å²) in [5.74, 6) is -0.619. The van der Waals surface area contributed by atoms with E-state index in [0.29, 0.717) is 33.8 Å². The van der Waals surface area contributed by atoms with Crippen LogP contribution < -0.4 is 10.2 Å². The molecule has 0 spiro atoms. The summed E-state index contributed by atoms with van der Waals surface area (Å²) in [5, 5.41) is 3.13. The van der Waals surface area contributed by atoms with Crippen molar-refractivity contribution in [2.75, 3.05) is 22.5 Å². The second-order valence-corrected chi connectivity index (χ2v) is 10.9. The highest BCUT2D eigenvalue weighted by atomic mass is 79.9. The van der Waals surface area contributed by atoms with Gasteiger partial charge in [0.25, 0.3) is 0 Å². The van der Waals surface area contributed by atoms with E-state index < -0.39 is 15.7 Å². The fourth-order valence-electron chi connectivity index (χ4n) is 3.53. The molecule has 2 aliphatic rings. The smallest absolute Gasteiger partial charge is 0.230 e. The number of halogens is 2. The fraction of sp³-hybridized carbons (Fsp3) is 0.333.